The molecule has 6 nitrogen and oxygen atoms in total. The van der Waals surface area contributed by atoms with Crippen LogP contribution >= 0.6 is 0 Å². The molecule has 0 fully saturated rings. The van der Waals surface area contributed by atoms with Crippen molar-refractivity contribution in [1.82, 2.24) is 15.0 Å². The summed E-state index contributed by atoms with van der Waals surface area (Å²) in [6.45, 7) is 4.42. The van der Waals surface area contributed by atoms with Crippen LogP contribution in [0.1, 0.15) is 12.7 Å². The molecule has 1 unspecified atom stereocenters. The van der Waals surface area contributed by atoms with E-state index in [9.17, 15) is 0 Å². The van der Waals surface area contributed by atoms with E-state index in [0.29, 0.717) is 12.4 Å². The number of hydrogen-bond acceptors (Lipinski definition) is 6. The van der Waals surface area contributed by atoms with E-state index in [1.807, 2.05) is 32.0 Å². The highest BCUT2D eigenvalue weighted by molar-refractivity contribution is 5.58. The van der Waals surface area contributed by atoms with Gasteiger partial charge in [0.1, 0.15) is 17.5 Å². The van der Waals surface area contributed by atoms with Gasteiger partial charge in [0.2, 0.25) is 0 Å². The Kier molecular flexibility index (Phi) is 4.25. The first-order chi connectivity index (χ1) is 9.17. The molecule has 100 valence electrons. The third-order valence-corrected chi connectivity index (χ3v) is 2.54. The van der Waals surface area contributed by atoms with Gasteiger partial charge >= 0.3 is 0 Å². The van der Waals surface area contributed by atoms with E-state index < -0.39 is 0 Å². The van der Waals surface area contributed by atoms with Crippen LogP contribution in [0.4, 0.5) is 17.3 Å². The Balaban J connectivity index is 2.17. The molecular formula is C13H18N6. The van der Waals surface area contributed by atoms with Crippen molar-refractivity contribution in [2.45, 2.75) is 19.9 Å². The number of nitrogens with zero attached hydrogens (tertiary/aromatic N) is 3. The van der Waals surface area contributed by atoms with E-state index in [0.717, 1.165) is 17.3 Å². The summed E-state index contributed by atoms with van der Waals surface area (Å²) >= 11 is 0. The number of aromatic nitrogens is 3. The molecule has 0 spiro atoms. The summed E-state index contributed by atoms with van der Waals surface area (Å²) in [4.78, 5) is 12.7. The zero-order valence-corrected chi connectivity index (χ0v) is 11.1. The van der Waals surface area contributed by atoms with Gasteiger partial charge in [-0.2, -0.15) is 0 Å². The molecule has 0 radical (unpaired) electrons. The van der Waals surface area contributed by atoms with Crippen LogP contribution in [-0.4, -0.2) is 27.5 Å². The lowest BCUT2D eigenvalue weighted by Crippen LogP contribution is -2.25. The third kappa shape index (κ3) is 3.89. The molecule has 19 heavy (non-hydrogen) atoms. The average Bonchev–Trinajstić information content (AvgIpc) is 2.39. The summed E-state index contributed by atoms with van der Waals surface area (Å²) in [5.41, 5.74) is 6.53. The quantitative estimate of drug-likeness (QED) is 0.756. The van der Waals surface area contributed by atoms with Gasteiger partial charge in [-0.3, -0.25) is 4.98 Å². The normalized spacial score (nSPS) is 11.9. The minimum Gasteiger partial charge on any atom is -0.366 e. The monoisotopic (exact) mass is 258 g/mol. The van der Waals surface area contributed by atoms with E-state index in [4.69, 9.17) is 5.73 Å². The number of rotatable bonds is 5. The second-order valence-electron chi connectivity index (χ2n) is 4.33. The molecule has 0 saturated heterocycles. The molecular weight excluding hydrogens is 240 g/mol. The molecule has 6 heteroatoms. The summed E-state index contributed by atoms with van der Waals surface area (Å²) < 4.78 is 0. The highest BCUT2D eigenvalue weighted by Crippen LogP contribution is 2.16. The van der Waals surface area contributed by atoms with Gasteiger partial charge in [0.15, 0.2) is 0 Å². The SMILES string of the molecule is Cc1nc(Nc2ccncc2)cc(NC(C)CN)n1. The molecule has 0 bridgehead atoms. The van der Waals surface area contributed by atoms with Gasteiger partial charge in [-0.1, -0.05) is 0 Å². The Bertz CT molecular complexity index is 528. The molecule has 2 aromatic rings. The zero-order valence-electron chi connectivity index (χ0n) is 11.1. The molecule has 0 aromatic carbocycles. The molecule has 0 aliphatic rings. The predicted octanol–water partition coefficient (Wildman–Crippen LogP) is 1.68. The van der Waals surface area contributed by atoms with Crippen LogP contribution in [0.2, 0.25) is 0 Å². The van der Waals surface area contributed by atoms with Crippen molar-refractivity contribution in [3.63, 3.8) is 0 Å². The molecule has 2 aromatic heterocycles. The summed E-state index contributed by atoms with van der Waals surface area (Å²) in [6, 6.07) is 5.79. The van der Waals surface area contributed by atoms with Gasteiger partial charge in [-0.25, -0.2) is 9.97 Å². The molecule has 1 atom stereocenters. The minimum absolute atomic E-state index is 0.170. The number of anilines is 3. The molecule has 4 N–H and O–H groups in total. The molecule has 0 amide bonds. The Morgan fingerprint density at radius 3 is 2.58 bits per heavy atom. The predicted molar refractivity (Wildman–Crippen MR) is 76.4 cm³/mol. The zero-order chi connectivity index (χ0) is 13.7. The number of nitrogens with two attached hydrogens (primary N) is 1. The standard InChI is InChI=1S/C13H18N6/c1-9(8-14)16-12-7-13(18-10(2)17-12)19-11-3-5-15-6-4-11/h3-7,9H,8,14H2,1-2H3,(H2,15,16,17,18,19). The topological polar surface area (TPSA) is 88.8 Å². The number of aryl methyl sites for hydroxylation is 1. The van der Waals surface area contributed by atoms with Crippen molar-refractivity contribution in [3.05, 3.63) is 36.4 Å². The van der Waals surface area contributed by atoms with Crippen LogP contribution in [0.25, 0.3) is 0 Å². The van der Waals surface area contributed by atoms with Crippen molar-refractivity contribution >= 4 is 17.3 Å². The van der Waals surface area contributed by atoms with E-state index in [-0.39, 0.29) is 6.04 Å². The maximum Gasteiger partial charge on any atom is 0.136 e. The Hall–Kier alpha value is -2.21. The third-order valence-electron chi connectivity index (χ3n) is 2.54. The molecule has 0 aliphatic carbocycles. The Labute approximate surface area is 112 Å². The summed E-state index contributed by atoms with van der Waals surface area (Å²) in [5.74, 6) is 2.21. The van der Waals surface area contributed by atoms with Crippen LogP contribution in [0.15, 0.2) is 30.6 Å². The highest BCUT2D eigenvalue weighted by atomic mass is 15.1. The lowest BCUT2D eigenvalue weighted by Gasteiger charge is -2.14. The van der Waals surface area contributed by atoms with Gasteiger partial charge in [-0.15, -0.1) is 0 Å². The van der Waals surface area contributed by atoms with Crippen LogP contribution < -0.4 is 16.4 Å². The summed E-state index contributed by atoms with van der Waals surface area (Å²) in [7, 11) is 0. The fourth-order valence-corrected chi connectivity index (χ4v) is 1.60. The first kappa shape index (κ1) is 13.2. The van der Waals surface area contributed by atoms with Crippen molar-refractivity contribution in [2.75, 3.05) is 17.2 Å². The van der Waals surface area contributed by atoms with Crippen LogP contribution in [0.5, 0.6) is 0 Å². The lowest BCUT2D eigenvalue weighted by atomic mass is 10.3. The maximum atomic E-state index is 5.59. The minimum atomic E-state index is 0.170. The number of hydrogen-bond donors (Lipinski definition) is 3. The molecule has 0 aliphatic heterocycles. The number of pyridine rings is 1. The van der Waals surface area contributed by atoms with Gasteiger partial charge in [-0.05, 0) is 26.0 Å². The molecule has 2 rings (SSSR count). The highest BCUT2D eigenvalue weighted by Gasteiger charge is 2.05. The maximum absolute atomic E-state index is 5.59. The van der Waals surface area contributed by atoms with Crippen molar-refractivity contribution in [1.29, 1.82) is 0 Å². The van der Waals surface area contributed by atoms with Gasteiger partial charge in [0.25, 0.3) is 0 Å². The second kappa shape index (κ2) is 6.10. The van der Waals surface area contributed by atoms with Gasteiger partial charge in [0.05, 0.1) is 0 Å². The largest absolute Gasteiger partial charge is 0.366 e. The van der Waals surface area contributed by atoms with E-state index in [1.54, 1.807) is 12.4 Å². The second-order valence-corrected chi connectivity index (χ2v) is 4.33. The van der Waals surface area contributed by atoms with Crippen LogP contribution in [0, 0.1) is 6.92 Å². The van der Waals surface area contributed by atoms with Crippen molar-refractivity contribution < 1.29 is 0 Å². The summed E-state index contributed by atoms with van der Waals surface area (Å²) in [6.07, 6.45) is 3.46. The van der Waals surface area contributed by atoms with E-state index in [2.05, 4.69) is 25.6 Å². The van der Waals surface area contributed by atoms with Gasteiger partial charge in [0, 0.05) is 36.7 Å². The van der Waals surface area contributed by atoms with Crippen molar-refractivity contribution in [2.24, 2.45) is 5.73 Å². The summed E-state index contributed by atoms with van der Waals surface area (Å²) in [5, 5.41) is 6.44. The van der Waals surface area contributed by atoms with Gasteiger partial charge < -0.3 is 16.4 Å². The van der Waals surface area contributed by atoms with Crippen LogP contribution in [0.3, 0.4) is 0 Å². The lowest BCUT2D eigenvalue weighted by molar-refractivity contribution is 0.795. The molecule has 0 saturated carbocycles. The Morgan fingerprint density at radius 2 is 1.89 bits per heavy atom. The molecule has 2 heterocycles. The average molecular weight is 258 g/mol. The number of nitrogens with one attached hydrogen (secondary N) is 2. The van der Waals surface area contributed by atoms with Crippen LogP contribution in [-0.2, 0) is 0 Å². The van der Waals surface area contributed by atoms with E-state index >= 15 is 0 Å². The smallest absolute Gasteiger partial charge is 0.136 e. The first-order valence-corrected chi connectivity index (χ1v) is 6.16. The van der Waals surface area contributed by atoms with Crippen molar-refractivity contribution in [3.8, 4) is 0 Å². The van der Waals surface area contributed by atoms with E-state index in [1.165, 1.54) is 0 Å². The Morgan fingerprint density at radius 1 is 1.21 bits per heavy atom. The first-order valence-electron chi connectivity index (χ1n) is 6.16. The fourth-order valence-electron chi connectivity index (χ4n) is 1.60. The fraction of sp³-hybridized carbons (Fsp3) is 0.308.